The van der Waals surface area contributed by atoms with Crippen molar-refractivity contribution in [2.45, 2.75) is 25.1 Å². The highest BCUT2D eigenvalue weighted by atomic mass is 19.4. The fourth-order valence-electron chi connectivity index (χ4n) is 3.82. The van der Waals surface area contributed by atoms with E-state index in [4.69, 9.17) is 9.47 Å². The number of urea groups is 1. The van der Waals surface area contributed by atoms with Crippen molar-refractivity contribution < 1.29 is 36.8 Å². The summed E-state index contributed by atoms with van der Waals surface area (Å²) < 4.78 is 53.0. The maximum absolute atomic E-state index is 12.9. The zero-order chi connectivity index (χ0) is 23.4. The first kappa shape index (κ1) is 23.2. The van der Waals surface area contributed by atoms with Gasteiger partial charge in [0.25, 0.3) is 0 Å². The molecule has 1 unspecified atom stereocenters. The zero-order valence-corrected chi connectivity index (χ0v) is 17.8. The summed E-state index contributed by atoms with van der Waals surface area (Å²) in [5.41, 5.74) is 0.926. The van der Waals surface area contributed by atoms with Gasteiger partial charge in [-0.2, -0.15) is 18.2 Å². The van der Waals surface area contributed by atoms with Crippen LogP contribution >= 0.6 is 0 Å². The molecule has 3 heterocycles. The van der Waals surface area contributed by atoms with Crippen molar-refractivity contribution in [1.82, 2.24) is 25.3 Å². The SMILES string of the molecule is O=C(NCC1COCCN1C(=O)N1CCOCC1)C1=CC=C(c2noc(C(F)(F)F)n2)CC1. The average molecular weight is 471 g/mol. The standard InChI is InChI=1S/C20H24F3N5O5/c21-20(22,23)18-25-16(26-33-18)13-1-3-14(4-2-13)17(29)24-11-15-12-32-10-7-28(15)19(30)27-5-8-31-9-6-27/h1,3,15H,2,4-12H2,(H,24,29). The predicted molar refractivity (Wildman–Crippen MR) is 107 cm³/mol. The van der Waals surface area contributed by atoms with Crippen LogP contribution in [0.15, 0.2) is 22.2 Å². The summed E-state index contributed by atoms with van der Waals surface area (Å²) in [6.07, 6.45) is -1.05. The van der Waals surface area contributed by atoms with Crippen molar-refractivity contribution in [1.29, 1.82) is 0 Å². The minimum Gasteiger partial charge on any atom is -0.378 e. The fourth-order valence-corrected chi connectivity index (χ4v) is 3.82. The number of nitrogens with zero attached hydrogens (tertiary/aromatic N) is 4. The maximum Gasteiger partial charge on any atom is 0.471 e. The van der Waals surface area contributed by atoms with Gasteiger partial charge in [0.1, 0.15) is 0 Å². The number of hydrogen-bond acceptors (Lipinski definition) is 7. The Bertz CT molecular complexity index is 939. The molecule has 1 atom stereocenters. The molecule has 0 saturated carbocycles. The second-order valence-corrected chi connectivity index (χ2v) is 7.82. The number of aromatic nitrogens is 2. The highest BCUT2D eigenvalue weighted by Gasteiger charge is 2.39. The van der Waals surface area contributed by atoms with Gasteiger partial charge in [0.05, 0.1) is 32.5 Å². The van der Waals surface area contributed by atoms with Crippen molar-refractivity contribution in [3.05, 3.63) is 29.4 Å². The number of hydrogen-bond donors (Lipinski definition) is 1. The Hall–Kier alpha value is -2.93. The molecule has 180 valence electrons. The molecule has 4 rings (SSSR count). The Morgan fingerprint density at radius 2 is 1.85 bits per heavy atom. The monoisotopic (exact) mass is 471 g/mol. The first-order chi connectivity index (χ1) is 15.8. The van der Waals surface area contributed by atoms with Crippen LogP contribution in [0, 0.1) is 0 Å². The van der Waals surface area contributed by atoms with Gasteiger partial charge >= 0.3 is 18.1 Å². The summed E-state index contributed by atoms with van der Waals surface area (Å²) in [5.74, 6) is -1.86. The van der Waals surface area contributed by atoms with E-state index in [1.807, 2.05) is 0 Å². The average Bonchev–Trinajstić information content (AvgIpc) is 3.34. The van der Waals surface area contributed by atoms with Gasteiger partial charge in [-0.1, -0.05) is 17.3 Å². The van der Waals surface area contributed by atoms with E-state index in [9.17, 15) is 22.8 Å². The van der Waals surface area contributed by atoms with Crippen LogP contribution in [-0.2, 0) is 20.4 Å². The summed E-state index contributed by atoms with van der Waals surface area (Å²) in [6, 6.07) is -0.392. The van der Waals surface area contributed by atoms with Crippen LogP contribution in [-0.4, -0.2) is 90.5 Å². The molecule has 33 heavy (non-hydrogen) atoms. The number of rotatable bonds is 4. The van der Waals surface area contributed by atoms with Gasteiger partial charge in [-0.05, 0) is 12.8 Å². The Morgan fingerprint density at radius 3 is 2.52 bits per heavy atom. The van der Waals surface area contributed by atoms with E-state index in [0.717, 1.165) is 0 Å². The number of morpholine rings is 2. The molecule has 0 radical (unpaired) electrons. The normalized spacial score (nSPS) is 22.0. The zero-order valence-electron chi connectivity index (χ0n) is 17.8. The van der Waals surface area contributed by atoms with Crippen LogP contribution in [0.25, 0.3) is 5.57 Å². The minimum atomic E-state index is -4.71. The number of carbonyl (C=O) groups excluding carboxylic acids is 2. The molecule has 1 N–H and O–H groups in total. The lowest BCUT2D eigenvalue weighted by atomic mass is 9.97. The summed E-state index contributed by atoms with van der Waals surface area (Å²) in [5, 5.41) is 6.21. The number of nitrogens with one attached hydrogen (secondary N) is 1. The van der Waals surface area contributed by atoms with Crippen LogP contribution in [0.1, 0.15) is 24.6 Å². The van der Waals surface area contributed by atoms with Gasteiger partial charge in [0.2, 0.25) is 5.91 Å². The number of carbonyl (C=O) groups is 2. The Balaban J connectivity index is 1.34. The Labute approximate surface area is 187 Å². The number of ether oxygens (including phenoxy) is 2. The van der Waals surface area contributed by atoms with Crippen molar-refractivity contribution in [2.75, 3.05) is 52.6 Å². The second-order valence-electron chi connectivity index (χ2n) is 7.82. The van der Waals surface area contributed by atoms with Crippen LogP contribution in [0.2, 0.25) is 0 Å². The maximum atomic E-state index is 12.9. The lowest BCUT2D eigenvalue weighted by molar-refractivity contribution is -0.159. The lowest BCUT2D eigenvalue weighted by Gasteiger charge is -2.39. The third kappa shape index (κ3) is 5.53. The molecule has 13 heteroatoms. The molecule has 1 aliphatic carbocycles. The number of allylic oxidation sites excluding steroid dienone is 3. The van der Waals surface area contributed by atoms with Gasteiger partial charge in [-0.3, -0.25) is 4.79 Å². The summed E-state index contributed by atoms with van der Waals surface area (Å²) >= 11 is 0. The van der Waals surface area contributed by atoms with E-state index in [0.29, 0.717) is 70.0 Å². The molecule has 10 nitrogen and oxygen atoms in total. The van der Waals surface area contributed by atoms with E-state index >= 15 is 0 Å². The van der Waals surface area contributed by atoms with E-state index in [1.54, 1.807) is 9.80 Å². The van der Waals surface area contributed by atoms with Crippen LogP contribution < -0.4 is 5.32 Å². The molecule has 0 spiro atoms. The van der Waals surface area contributed by atoms with Crippen molar-refractivity contribution in [3.8, 4) is 0 Å². The van der Waals surface area contributed by atoms with E-state index in [1.165, 1.54) is 12.2 Å². The van der Waals surface area contributed by atoms with E-state index in [2.05, 4.69) is 20.0 Å². The highest BCUT2D eigenvalue weighted by molar-refractivity contribution is 5.95. The van der Waals surface area contributed by atoms with Crippen LogP contribution in [0.5, 0.6) is 0 Å². The first-order valence-corrected chi connectivity index (χ1v) is 10.6. The van der Waals surface area contributed by atoms with Gasteiger partial charge in [-0.25, -0.2) is 4.79 Å². The van der Waals surface area contributed by atoms with Gasteiger partial charge in [-0.15, -0.1) is 0 Å². The van der Waals surface area contributed by atoms with E-state index in [-0.39, 0.29) is 30.3 Å². The van der Waals surface area contributed by atoms with E-state index < -0.39 is 12.1 Å². The topological polar surface area (TPSA) is 110 Å². The highest BCUT2D eigenvalue weighted by Crippen LogP contribution is 2.30. The Morgan fingerprint density at radius 1 is 1.09 bits per heavy atom. The molecule has 1 aromatic rings. The lowest BCUT2D eigenvalue weighted by Crippen LogP contribution is -2.58. The Kier molecular flexibility index (Phi) is 6.98. The molecule has 2 saturated heterocycles. The van der Waals surface area contributed by atoms with Crippen LogP contribution in [0.4, 0.5) is 18.0 Å². The molecule has 3 aliphatic rings. The van der Waals surface area contributed by atoms with Gasteiger partial charge in [0, 0.05) is 37.3 Å². The number of amides is 3. The third-order valence-corrected chi connectivity index (χ3v) is 5.65. The number of halogens is 3. The largest absolute Gasteiger partial charge is 0.471 e. The molecule has 2 aliphatic heterocycles. The third-order valence-electron chi connectivity index (χ3n) is 5.65. The molecular weight excluding hydrogens is 447 g/mol. The van der Waals surface area contributed by atoms with Crippen LogP contribution in [0.3, 0.4) is 0 Å². The fraction of sp³-hybridized carbons (Fsp3) is 0.600. The summed E-state index contributed by atoms with van der Waals surface area (Å²) in [6.45, 7) is 3.48. The number of alkyl halides is 3. The van der Waals surface area contributed by atoms with Gasteiger partial charge < -0.3 is 29.1 Å². The summed E-state index contributed by atoms with van der Waals surface area (Å²) in [4.78, 5) is 32.3. The molecule has 3 amide bonds. The predicted octanol–water partition coefficient (Wildman–Crippen LogP) is 1.46. The first-order valence-electron chi connectivity index (χ1n) is 10.6. The van der Waals surface area contributed by atoms with Crippen molar-refractivity contribution in [2.24, 2.45) is 0 Å². The minimum absolute atomic E-state index is 0.0938. The molecule has 0 bridgehead atoms. The smallest absolute Gasteiger partial charge is 0.378 e. The van der Waals surface area contributed by atoms with Crippen molar-refractivity contribution in [3.63, 3.8) is 0 Å². The quantitative estimate of drug-likeness (QED) is 0.708. The molecule has 2 fully saturated rings. The second kappa shape index (κ2) is 9.91. The molecule has 1 aromatic heterocycles. The molecule has 0 aromatic carbocycles. The van der Waals surface area contributed by atoms with Crippen molar-refractivity contribution >= 4 is 17.5 Å². The summed E-state index contributed by atoms with van der Waals surface area (Å²) in [7, 11) is 0. The van der Waals surface area contributed by atoms with Gasteiger partial charge in [0.15, 0.2) is 5.82 Å². The molecular formula is C20H24F3N5O5.